The van der Waals surface area contributed by atoms with E-state index in [0.717, 1.165) is 32.0 Å². The van der Waals surface area contributed by atoms with Crippen molar-refractivity contribution in [1.29, 1.82) is 0 Å². The van der Waals surface area contributed by atoms with Crippen LogP contribution in [-0.2, 0) is 14.3 Å². The largest absolute Gasteiger partial charge is 0.344 e. The summed E-state index contributed by atoms with van der Waals surface area (Å²) >= 11 is 0. The Morgan fingerprint density at radius 3 is 2.46 bits per heavy atom. The van der Waals surface area contributed by atoms with Crippen LogP contribution < -0.4 is 0 Å². The monoisotopic (exact) mass is 184 g/mol. The Kier molecular flexibility index (Phi) is 2.39. The maximum absolute atomic E-state index is 10.6. The van der Waals surface area contributed by atoms with Gasteiger partial charge in [0.15, 0.2) is 12.1 Å². The van der Waals surface area contributed by atoms with Crippen molar-refractivity contribution in [1.82, 2.24) is 0 Å². The average Bonchev–Trinajstić information content (AvgIpc) is 2.44. The number of carbonyl (C=O) groups is 1. The Hall–Kier alpha value is -0.410. The molecular weight excluding hydrogens is 168 g/mol. The third-order valence-electron chi connectivity index (χ3n) is 2.96. The fourth-order valence-electron chi connectivity index (χ4n) is 2.24. The fourth-order valence-corrected chi connectivity index (χ4v) is 2.24. The minimum absolute atomic E-state index is 0.0735. The van der Waals surface area contributed by atoms with Crippen LogP contribution in [0.2, 0.25) is 0 Å². The first-order valence-corrected chi connectivity index (χ1v) is 5.07. The Labute approximate surface area is 78.4 Å². The van der Waals surface area contributed by atoms with Gasteiger partial charge in [-0.05, 0) is 19.8 Å². The number of ether oxygens (including phenoxy) is 2. The lowest BCUT2D eigenvalue weighted by atomic mass is 9.94. The summed E-state index contributed by atoms with van der Waals surface area (Å²) in [7, 11) is 0. The van der Waals surface area contributed by atoms with E-state index in [1.165, 1.54) is 6.42 Å². The number of hydrogen-bond acceptors (Lipinski definition) is 3. The molecule has 0 bridgehead atoms. The van der Waals surface area contributed by atoms with Crippen LogP contribution in [0.1, 0.15) is 39.0 Å². The molecule has 3 heteroatoms. The molecule has 0 aromatic carbocycles. The smallest absolute Gasteiger partial charge is 0.169 e. The number of rotatable bonds is 1. The van der Waals surface area contributed by atoms with Crippen LogP contribution >= 0.6 is 0 Å². The molecule has 74 valence electrons. The molecule has 1 heterocycles. The molecule has 0 N–H and O–H groups in total. The molecule has 1 aliphatic carbocycles. The summed E-state index contributed by atoms with van der Waals surface area (Å²) in [5.41, 5.74) is 0. The molecule has 0 amide bonds. The van der Waals surface area contributed by atoms with Crippen molar-refractivity contribution in [3.63, 3.8) is 0 Å². The average molecular weight is 184 g/mol. The van der Waals surface area contributed by atoms with Gasteiger partial charge < -0.3 is 14.3 Å². The quantitative estimate of drug-likeness (QED) is 0.581. The Morgan fingerprint density at radius 2 is 1.92 bits per heavy atom. The SMILES string of the molecule is C[C@H]1OC2(CCCCC2)O[C@@H]1C=O. The van der Waals surface area contributed by atoms with Gasteiger partial charge in [-0.1, -0.05) is 6.42 Å². The van der Waals surface area contributed by atoms with Crippen LogP contribution in [-0.4, -0.2) is 24.3 Å². The first-order chi connectivity index (χ1) is 6.26. The molecule has 0 radical (unpaired) electrons. The molecule has 1 saturated carbocycles. The Balaban J connectivity index is 2.04. The zero-order valence-corrected chi connectivity index (χ0v) is 7.99. The Bertz CT molecular complexity index is 196. The van der Waals surface area contributed by atoms with Gasteiger partial charge >= 0.3 is 0 Å². The van der Waals surface area contributed by atoms with Gasteiger partial charge in [0.1, 0.15) is 6.10 Å². The number of carbonyl (C=O) groups excluding carboxylic acids is 1. The molecule has 0 aromatic rings. The van der Waals surface area contributed by atoms with Gasteiger partial charge in [-0.15, -0.1) is 0 Å². The molecule has 1 saturated heterocycles. The molecule has 2 fully saturated rings. The highest BCUT2D eigenvalue weighted by molar-refractivity contribution is 5.57. The molecule has 0 unspecified atom stereocenters. The van der Waals surface area contributed by atoms with Gasteiger partial charge in [0.05, 0.1) is 6.10 Å². The number of aldehydes is 1. The molecule has 2 atom stereocenters. The molecule has 2 rings (SSSR count). The van der Waals surface area contributed by atoms with E-state index in [4.69, 9.17) is 9.47 Å². The van der Waals surface area contributed by atoms with E-state index in [0.29, 0.717) is 0 Å². The van der Waals surface area contributed by atoms with Crippen LogP contribution in [0, 0.1) is 0 Å². The highest BCUT2D eigenvalue weighted by Crippen LogP contribution is 2.39. The minimum Gasteiger partial charge on any atom is -0.344 e. The summed E-state index contributed by atoms with van der Waals surface area (Å²) in [6, 6.07) is 0. The third-order valence-corrected chi connectivity index (χ3v) is 2.96. The molecule has 1 spiro atoms. The van der Waals surface area contributed by atoms with E-state index >= 15 is 0 Å². The summed E-state index contributed by atoms with van der Waals surface area (Å²) in [6.07, 6.45) is 5.89. The first kappa shape index (κ1) is 9.16. The maximum Gasteiger partial charge on any atom is 0.169 e. The van der Waals surface area contributed by atoms with Gasteiger partial charge in [-0.2, -0.15) is 0 Å². The summed E-state index contributed by atoms with van der Waals surface area (Å²) in [5.74, 6) is -0.413. The van der Waals surface area contributed by atoms with E-state index in [1.54, 1.807) is 0 Å². The van der Waals surface area contributed by atoms with Gasteiger partial charge in [-0.25, -0.2) is 0 Å². The zero-order valence-electron chi connectivity index (χ0n) is 7.99. The van der Waals surface area contributed by atoms with Crippen molar-refractivity contribution in [2.24, 2.45) is 0 Å². The lowest BCUT2D eigenvalue weighted by molar-refractivity contribution is -0.192. The third kappa shape index (κ3) is 1.63. The topological polar surface area (TPSA) is 35.5 Å². The van der Waals surface area contributed by atoms with Crippen molar-refractivity contribution >= 4 is 6.29 Å². The zero-order chi connectivity index (χ0) is 9.31. The first-order valence-electron chi connectivity index (χ1n) is 5.07. The molecule has 0 aromatic heterocycles. The molecule has 1 aliphatic heterocycles. The van der Waals surface area contributed by atoms with Crippen LogP contribution in [0.15, 0.2) is 0 Å². The normalized spacial score (nSPS) is 37.9. The molecule has 13 heavy (non-hydrogen) atoms. The Morgan fingerprint density at radius 1 is 1.23 bits per heavy atom. The van der Waals surface area contributed by atoms with Crippen LogP contribution in [0.3, 0.4) is 0 Å². The lowest BCUT2D eigenvalue weighted by Gasteiger charge is -2.31. The molecule has 3 nitrogen and oxygen atoms in total. The predicted octanol–water partition coefficient (Wildman–Crippen LogP) is 1.65. The van der Waals surface area contributed by atoms with E-state index < -0.39 is 5.79 Å². The summed E-state index contributed by atoms with van der Waals surface area (Å²) in [5, 5.41) is 0. The van der Waals surface area contributed by atoms with E-state index in [-0.39, 0.29) is 12.2 Å². The van der Waals surface area contributed by atoms with E-state index in [1.807, 2.05) is 6.92 Å². The van der Waals surface area contributed by atoms with Crippen molar-refractivity contribution < 1.29 is 14.3 Å². The lowest BCUT2D eigenvalue weighted by Crippen LogP contribution is -2.33. The molecule has 2 aliphatic rings. The second-order valence-corrected chi connectivity index (χ2v) is 4.01. The second-order valence-electron chi connectivity index (χ2n) is 4.01. The van der Waals surface area contributed by atoms with Crippen molar-refractivity contribution in [3.8, 4) is 0 Å². The molecular formula is C10H16O3. The van der Waals surface area contributed by atoms with Crippen LogP contribution in [0.25, 0.3) is 0 Å². The van der Waals surface area contributed by atoms with Crippen LogP contribution in [0.4, 0.5) is 0 Å². The summed E-state index contributed by atoms with van der Waals surface area (Å²) in [6.45, 7) is 1.91. The fraction of sp³-hybridized carbons (Fsp3) is 0.900. The van der Waals surface area contributed by atoms with Gasteiger partial charge in [-0.3, -0.25) is 0 Å². The van der Waals surface area contributed by atoms with E-state index in [9.17, 15) is 4.79 Å². The van der Waals surface area contributed by atoms with Gasteiger partial charge in [0.2, 0.25) is 0 Å². The minimum atomic E-state index is -0.413. The summed E-state index contributed by atoms with van der Waals surface area (Å²) in [4.78, 5) is 10.6. The number of hydrogen-bond donors (Lipinski definition) is 0. The summed E-state index contributed by atoms with van der Waals surface area (Å²) < 4.78 is 11.4. The van der Waals surface area contributed by atoms with E-state index in [2.05, 4.69) is 0 Å². The van der Waals surface area contributed by atoms with Crippen molar-refractivity contribution in [3.05, 3.63) is 0 Å². The standard InChI is InChI=1S/C10H16O3/c1-8-9(7-11)13-10(12-8)5-3-2-4-6-10/h7-9H,2-6H2,1H3/t8-,9-/m1/s1. The van der Waals surface area contributed by atoms with Crippen molar-refractivity contribution in [2.45, 2.75) is 57.0 Å². The van der Waals surface area contributed by atoms with Gasteiger partial charge in [0.25, 0.3) is 0 Å². The predicted molar refractivity (Wildman–Crippen MR) is 47.3 cm³/mol. The maximum atomic E-state index is 10.6. The highest BCUT2D eigenvalue weighted by atomic mass is 16.8. The second kappa shape index (κ2) is 3.39. The van der Waals surface area contributed by atoms with Crippen molar-refractivity contribution in [2.75, 3.05) is 0 Å². The van der Waals surface area contributed by atoms with Crippen LogP contribution in [0.5, 0.6) is 0 Å². The van der Waals surface area contributed by atoms with Gasteiger partial charge in [0, 0.05) is 12.8 Å². The highest BCUT2D eigenvalue weighted by Gasteiger charge is 2.45.